The minimum atomic E-state index is -3.31. The summed E-state index contributed by atoms with van der Waals surface area (Å²) in [7, 11) is -3.31. The van der Waals surface area contributed by atoms with Gasteiger partial charge in [0.25, 0.3) is 11.8 Å². The third kappa shape index (κ3) is 2.55. The zero-order valence-electron chi connectivity index (χ0n) is 10.5. The molecule has 2 rings (SSSR count). The molecule has 2 amide bonds. The summed E-state index contributed by atoms with van der Waals surface area (Å²) in [6.07, 6.45) is 1.01. The molecule has 0 aromatic heterocycles. The standard InChI is InChI=1S/C12H11NO6S/c1-20(18,19)5-4-13-10(14)8-3-2-7(12(16)17)6-9(8)11(13)15/h2-3,6H,4-5H2,1H3,(H,16,17). The number of rotatable bonds is 4. The molecule has 8 heteroatoms. The second-order valence-corrected chi connectivity index (χ2v) is 6.72. The molecule has 0 fully saturated rings. The molecule has 1 aromatic rings. The Labute approximate surface area is 114 Å². The molecule has 1 aliphatic heterocycles. The largest absolute Gasteiger partial charge is 0.478 e. The van der Waals surface area contributed by atoms with E-state index in [4.69, 9.17) is 5.11 Å². The Bertz CT molecular complexity index is 721. The molecular weight excluding hydrogens is 286 g/mol. The molecule has 0 saturated heterocycles. The highest BCUT2D eigenvalue weighted by atomic mass is 32.2. The molecule has 20 heavy (non-hydrogen) atoms. The molecule has 1 aromatic carbocycles. The Kier molecular flexibility index (Phi) is 3.34. The normalized spacial score (nSPS) is 14.6. The van der Waals surface area contributed by atoms with Crippen LogP contribution in [0.3, 0.4) is 0 Å². The lowest BCUT2D eigenvalue weighted by Gasteiger charge is -2.12. The van der Waals surface area contributed by atoms with Gasteiger partial charge < -0.3 is 5.11 Å². The van der Waals surface area contributed by atoms with Crippen molar-refractivity contribution >= 4 is 27.6 Å². The van der Waals surface area contributed by atoms with Gasteiger partial charge in [-0.05, 0) is 18.2 Å². The molecule has 1 N–H and O–H groups in total. The number of carbonyl (C=O) groups excluding carboxylic acids is 2. The summed E-state index contributed by atoms with van der Waals surface area (Å²) < 4.78 is 22.2. The average molecular weight is 297 g/mol. The molecule has 0 spiro atoms. The predicted molar refractivity (Wildman–Crippen MR) is 68.5 cm³/mol. The van der Waals surface area contributed by atoms with E-state index in [1.165, 1.54) is 12.1 Å². The van der Waals surface area contributed by atoms with Crippen LogP contribution in [-0.2, 0) is 9.84 Å². The Morgan fingerprint density at radius 1 is 1.20 bits per heavy atom. The highest BCUT2D eigenvalue weighted by Crippen LogP contribution is 2.24. The highest BCUT2D eigenvalue weighted by molar-refractivity contribution is 7.90. The second-order valence-electron chi connectivity index (χ2n) is 4.46. The molecule has 0 aliphatic carbocycles. The summed E-state index contributed by atoms with van der Waals surface area (Å²) in [6.45, 7) is -0.242. The van der Waals surface area contributed by atoms with Crippen LogP contribution in [0.15, 0.2) is 18.2 Å². The summed E-state index contributed by atoms with van der Waals surface area (Å²) >= 11 is 0. The quantitative estimate of drug-likeness (QED) is 0.785. The number of sulfone groups is 1. The van der Waals surface area contributed by atoms with Crippen LogP contribution in [0, 0.1) is 0 Å². The number of carboxylic acids is 1. The summed E-state index contributed by atoms with van der Waals surface area (Å²) in [6, 6.07) is 3.62. The molecular formula is C12H11NO6S. The van der Waals surface area contributed by atoms with Crippen molar-refractivity contribution in [1.82, 2.24) is 4.90 Å². The van der Waals surface area contributed by atoms with E-state index in [1.54, 1.807) is 0 Å². The first-order valence-corrected chi connectivity index (χ1v) is 7.68. The highest BCUT2D eigenvalue weighted by Gasteiger charge is 2.36. The number of fused-ring (bicyclic) bond motifs is 1. The topological polar surface area (TPSA) is 109 Å². The summed E-state index contributed by atoms with van der Waals surface area (Å²) in [5.41, 5.74) is -0.0215. The molecule has 0 saturated carbocycles. The van der Waals surface area contributed by atoms with Crippen molar-refractivity contribution in [3.8, 4) is 0 Å². The van der Waals surface area contributed by atoms with E-state index in [0.717, 1.165) is 17.2 Å². The van der Waals surface area contributed by atoms with Gasteiger partial charge in [-0.15, -0.1) is 0 Å². The first kappa shape index (κ1) is 14.2. The van der Waals surface area contributed by atoms with Gasteiger partial charge in [-0.3, -0.25) is 14.5 Å². The van der Waals surface area contributed by atoms with Crippen molar-refractivity contribution in [2.24, 2.45) is 0 Å². The molecule has 106 valence electrons. The molecule has 1 heterocycles. The van der Waals surface area contributed by atoms with Gasteiger partial charge in [-0.1, -0.05) is 0 Å². The number of hydrogen-bond donors (Lipinski definition) is 1. The minimum absolute atomic E-state index is 0.0107. The van der Waals surface area contributed by atoms with Crippen molar-refractivity contribution in [1.29, 1.82) is 0 Å². The van der Waals surface area contributed by atoms with Gasteiger partial charge in [0.15, 0.2) is 0 Å². The van der Waals surface area contributed by atoms with Crippen molar-refractivity contribution in [2.45, 2.75) is 0 Å². The fourth-order valence-electron chi connectivity index (χ4n) is 1.88. The van der Waals surface area contributed by atoms with Gasteiger partial charge in [-0.2, -0.15) is 0 Å². The van der Waals surface area contributed by atoms with Crippen LogP contribution in [0.1, 0.15) is 31.1 Å². The first-order chi connectivity index (χ1) is 9.20. The number of imide groups is 1. The molecule has 0 unspecified atom stereocenters. The van der Waals surface area contributed by atoms with E-state index in [2.05, 4.69) is 0 Å². The van der Waals surface area contributed by atoms with E-state index in [0.29, 0.717) is 0 Å². The third-order valence-electron chi connectivity index (χ3n) is 2.90. The van der Waals surface area contributed by atoms with Crippen molar-refractivity contribution < 1.29 is 27.9 Å². The van der Waals surface area contributed by atoms with Crippen LogP contribution in [0.25, 0.3) is 0 Å². The van der Waals surface area contributed by atoms with E-state index < -0.39 is 27.6 Å². The van der Waals surface area contributed by atoms with Crippen LogP contribution < -0.4 is 0 Å². The fourth-order valence-corrected chi connectivity index (χ4v) is 2.40. The van der Waals surface area contributed by atoms with Gasteiger partial charge >= 0.3 is 5.97 Å². The summed E-state index contributed by atoms with van der Waals surface area (Å²) in [5, 5.41) is 8.86. The van der Waals surface area contributed by atoms with Gasteiger partial charge in [-0.25, -0.2) is 13.2 Å². The summed E-state index contributed by atoms with van der Waals surface area (Å²) in [4.78, 5) is 35.6. The monoisotopic (exact) mass is 297 g/mol. The number of aromatic carboxylic acids is 1. The molecule has 1 aliphatic rings. The zero-order valence-corrected chi connectivity index (χ0v) is 11.3. The Morgan fingerprint density at radius 3 is 2.35 bits per heavy atom. The third-order valence-corrected chi connectivity index (χ3v) is 3.83. The maximum atomic E-state index is 12.0. The van der Waals surface area contributed by atoms with Crippen LogP contribution in [-0.4, -0.2) is 54.8 Å². The van der Waals surface area contributed by atoms with E-state index in [1.807, 2.05) is 0 Å². The molecule has 0 atom stereocenters. The van der Waals surface area contributed by atoms with Crippen molar-refractivity contribution in [3.63, 3.8) is 0 Å². The number of carbonyl (C=O) groups is 3. The number of nitrogens with zero attached hydrogens (tertiary/aromatic N) is 1. The van der Waals surface area contributed by atoms with Crippen LogP contribution in [0.2, 0.25) is 0 Å². The van der Waals surface area contributed by atoms with E-state index in [-0.39, 0.29) is 29.0 Å². The zero-order chi connectivity index (χ0) is 15.1. The van der Waals surface area contributed by atoms with E-state index >= 15 is 0 Å². The number of benzene rings is 1. The lowest BCUT2D eigenvalue weighted by Crippen LogP contribution is -2.34. The van der Waals surface area contributed by atoms with Crippen molar-refractivity contribution in [2.75, 3.05) is 18.6 Å². The maximum absolute atomic E-state index is 12.0. The Balaban J connectivity index is 2.33. The minimum Gasteiger partial charge on any atom is -0.478 e. The van der Waals surface area contributed by atoms with Gasteiger partial charge in [0.1, 0.15) is 9.84 Å². The lowest BCUT2D eigenvalue weighted by molar-refractivity contribution is 0.0661. The lowest BCUT2D eigenvalue weighted by atomic mass is 10.1. The number of hydrogen-bond acceptors (Lipinski definition) is 5. The van der Waals surface area contributed by atoms with Gasteiger partial charge in [0.2, 0.25) is 0 Å². The number of carboxylic acid groups (broad SMARTS) is 1. The smallest absolute Gasteiger partial charge is 0.335 e. The number of amides is 2. The fraction of sp³-hybridized carbons (Fsp3) is 0.250. The maximum Gasteiger partial charge on any atom is 0.335 e. The molecule has 7 nitrogen and oxygen atoms in total. The average Bonchev–Trinajstić information content (AvgIpc) is 2.58. The first-order valence-electron chi connectivity index (χ1n) is 5.62. The van der Waals surface area contributed by atoms with Crippen LogP contribution in [0.4, 0.5) is 0 Å². The summed E-state index contributed by atoms with van der Waals surface area (Å²) in [5.74, 6) is -2.81. The Hall–Kier alpha value is -2.22. The van der Waals surface area contributed by atoms with Crippen LogP contribution >= 0.6 is 0 Å². The molecule has 0 bridgehead atoms. The Morgan fingerprint density at radius 2 is 1.80 bits per heavy atom. The van der Waals surface area contributed by atoms with E-state index in [9.17, 15) is 22.8 Å². The van der Waals surface area contributed by atoms with Gasteiger partial charge in [0.05, 0.1) is 22.4 Å². The molecule has 0 radical (unpaired) electrons. The van der Waals surface area contributed by atoms with Crippen LogP contribution in [0.5, 0.6) is 0 Å². The predicted octanol–water partition coefficient (Wildman–Crippen LogP) is 0.0254. The SMILES string of the molecule is CS(=O)(=O)CCN1C(=O)c2ccc(C(=O)O)cc2C1=O. The van der Waals surface area contributed by atoms with Crippen molar-refractivity contribution in [3.05, 3.63) is 34.9 Å². The van der Waals surface area contributed by atoms with Gasteiger partial charge in [0, 0.05) is 12.8 Å². The second kappa shape index (κ2) is 4.71.